The number of hydrogen-bond donors (Lipinski definition) is 1. The molecule has 2 saturated heterocycles. The number of methoxy groups -OCH3 is 2. The number of likely N-dealkylation sites (tertiary alicyclic amines) is 1. The van der Waals surface area contributed by atoms with E-state index in [4.69, 9.17) is 21.1 Å². The Labute approximate surface area is 234 Å². The molecule has 2 fully saturated rings. The highest BCUT2D eigenvalue weighted by Gasteiger charge is 2.51. The molecule has 7 nitrogen and oxygen atoms in total. The van der Waals surface area contributed by atoms with Crippen molar-refractivity contribution in [3.63, 3.8) is 0 Å². The van der Waals surface area contributed by atoms with Gasteiger partial charge in [0.25, 0.3) is 5.91 Å². The lowest BCUT2D eigenvalue weighted by Crippen LogP contribution is -2.60. The van der Waals surface area contributed by atoms with E-state index < -0.39 is 5.66 Å². The molecule has 2 heterocycles. The average Bonchev–Trinajstić information content (AvgIpc) is 3.21. The molecular formula is C31H34ClN3O4. The number of carbonyl (C=O) groups excluding carboxylic acids is 2. The fraction of sp³-hybridized carbons (Fsp3) is 0.355. The molecule has 204 valence electrons. The molecule has 0 aromatic heterocycles. The molecule has 2 aliphatic rings. The van der Waals surface area contributed by atoms with Crippen LogP contribution >= 0.6 is 11.6 Å². The molecule has 1 atom stereocenters. The smallest absolute Gasteiger partial charge is 0.255 e. The van der Waals surface area contributed by atoms with Crippen LogP contribution in [0.4, 0.5) is 0 Å². The van der Waals surface area contributed by atoms with Crippen molar-refractivity contribution in [1.29, 1.82) is 0 Å². The third-order valence-corrected chi connectivity index (χ3v) is 8.19. The zero-order valence-corrected chi connectivity index (χ0v) is 23.1. The summed E-state index contributed by atoms with van der Waals surface area (Å²) in [5, 5.41) is 4.17. The maximum atomic E-state index is 13.8. The first-order chi connectivity index (χ1) is 18.9. The number of nitrogens with zero attached hydrogens (tertiary/aromatic N) is 2. The van der Waals surface area contributed by atoms with E-state index in [9.17, 15) is 9.59 Å². The van der Waals surface area contributed by atoms with Gasteiger partial charge in [0.1, 0.15) is 0 Å². The van der Waals surface area contributed by atoms with Gasteiger partial charge in [0.05, 0.1) is 36.5 Å². The Morgan fingerprint density at radius 3 is 2.33 bits per heavy atom. The lowest BCUT2D eigenvalue weighted by molar-refractivity contribution is -0.133. The zero-order chi connectivity index (χ0) is 27.4. The quantitative estimate of drug-likeness (QED) is 0.447. The Morgan fingerprint density at radius 2 is 1.64 bits per heavy atom. The highest BCUT2D eigenvalue weighted by Crippen LogP contribution is 2.35. The first-order valence-electron chi connectivity index (χ1n) is 13.3. The van der Waals surface area contributed by atoms with Gasteiger partial charge in [-0.2, -0.15) is 0 Å². The summed E-state index contributed by atoms with van der Waals surface area (Å²) >= 11 is 6.31. The average molecular weight is 548 g/mol. The topological polar surface area (TPSA) is 71.1 Å². The first kappa shape index (κ1) is 27.0. The summed E-state index contributed by atoms with van der Waals surface area (Å²) in [7, 11) is 3.24. The first-order valence-corrected chi connectivity index (χ1v) is 13.7. The van der Waals surface area contributed by atoms with E-state index >= 15 is 0 Å². The van der Waals surface area contributed by atoms with Crippen molar-refractivity contribution in [2.45, 2.75) is 37.4 Å². The molecule has 3 aromatic carbocycles. The second-order valence-electron chi connectivity index (χ2n) is 10.1. The maximum absolute atomic E-state index is 13.8. The van der Waals surface area contributed by atoms with Gasteiger partial charge < -0.3 is 19.3 Å². The molecule has 0 aliphatic carbocycles. The molecule has 1 spiro atoms. The van der Waals surface area contributed by atoms with Crippen molar-refractivity contribution in [2.75, 3.05) is 33.9 Å². The Hall–Kier alpha value is -3.55. The predicted molar refractivity (Wildman–Crippen MR) is 151 cm³/mol. The summed E-state index contributed by atoms with van der Waals surface area (Å²) in [6, 6.07) is 22.8. The van der Waals surface area contributed by atoms with Gasteiger partial charge in [0.15, 0.2) is 11.5 Å². The number of amides is 2. The van der Waals surface area contributed by atoms with Crippen LogP contribution in [0, 0.1) is 0 Å². The highest BCUT2D eigenvalue weighted by molar-refractivity contribution is 6.33. The summed E-state index contributed by atoms with van der Waals surface area (Å²) < 4.78 is 10.9. The fourth-order valence-electron chi connectivity index (χ4n) is 5.75. The molecule has 0 saturated carbocycles. The van der Waals surface area contributed by atoms with E-state index in [-0.39, 0.29) is 17.9 Å². The van der Waals surface area contributed by atoms with Crippen LogP contribution in [0.15, 0.2) is 72.8 Å². The van der Waals surface area contributed by atoms with Crippen LogP contribution < -0.4 is 14.8 Å². The van der Waals surface area contributed by atoms with Gasteiger partial charge in [-0.3, -0.25) is 14.9 Å². The van der Waals surface area contributed by atoms with Gasteiger partial charge in [-0.1, -0.05) is 60.1 Å². The fourth-order valence-corrected chi connectivity index (χ4v) is 5.97. The summed E-state index contributed by atoms with van der Waals surface area (Å²) in [5.74, 6) is 1.38. The van der Waals surface area contributed by atoms with Crippen molar-refractivity contribution in [2.24, 2.45) is 0 Å². The SMILES string of the molecule is COc1ccc(CCN2C(=O)C(Cc3ccccc3)NC23CCN(C(=O)c2ccccc2Cl)CC3)cc1OC. The molecule has 2 amide bonds. The highest BCUT2D eigenvalue weighted by atomic mass is 35.5. The minimum atomic E-state index is -0.510. The number of rotatable bonds is 8. The Bertz CT molecular complexity index is 1320. The van der Waals surface area contributed by atoms with E-state index in [1.54, 1.807) is 26.4 Å². The van der Waals surface area contributed by atoms with E-state index in [1.165, 1.54) is 0 Å². The normalized spacial score (nSPS) is 18.4. The third kappa shape index (κ3) is 5.60. The van der Waals surface area contributed by atoms with Crippen molar-refractivity contribution < 1.29 is 19.1 Å². The number of nitrogens with one attached hydrogen (secondary N) is 1. The van der Waals surface area contributed by atoms with Gasteiger partial charge in [0.2, 0.25) is 5.91 Å². The summed E-state index contributed by atoms with van der Waals surface area (Å²) in [5.41, 5.74) is 2.18. The minimum Gasteiger partial charge on any atom is -0.493 e. The van der Waals surface area contributed by atoms with Gasteiger partial charge >= 0.3 is 0 Å². The Morgan fingerprint density at radius 1 is 0.949 bits per heavy atom. The van der Waals surface area contributed by atoms with E-state index in [2.05, 4.69) is 17.4 Å². The molecule has 39 heavy (non-hydrogen) atoms. The molecule has 1 unspecified atom stereocenters. The van der Waals surface area contributed by atoms with Gasteiger partial charge in [-0.15, -0.1) is 0 Å². The molecule has 3 aromatic rings. The number of hydrogen-bond acceptors (Lipinski definition) is 5. The van der Waals surface area contributed by atoms with Crippen LogP contribution in [0.3, 0.4) is 0 Å². The largest absolute Gasteiger partial charge is 0.493 e. The standard InChI is InChI=1S/C31H34ClN3O4/c1-38-27-13-12-23(21-28(27)39-2)14-17-35-30(37)26(20-22-8-4-3-5-9-22)33-31(35)15-18-34(19-16-31)29(36)24-10-6-7-11-25(24)32/h3-13,21,26,33H,14-20H2,1-2H3. The zero-order valence-electron chi connectivity index (χ0n) is 22.4. The molecule has 8 heteroatoms. The Kier molecular flexibility index (Phi) is 8.10. The summed E-state index contributed by atoms with van der Waals surface area (Å²) in [6.45, 7) is 1.63. The van der Waals surface area contributed by atoms with Crippen molar-refractivity contribution in [1.82, 2.24) is 15.1 Å². The molecule has 0 bridgehead atoms. The lowest BCUT2D eigenvalue weighted by Gasteiger charge is -2.45. The van der Waals surface area contributed by atoms with Crippen LogP contribution in [-0.4, -0.2) is 67.2 Å². The maximum Gasteiger partial charge on any atom is 0.255 e. The monoisotopic (exact) mass is 547 g/mol. The summed E-state index contributed by atoms with van der Waals surface area (Å²) in [4.78, 5) is 30.9. The second-order valence-corrected chi connectivity index (χ2v) is 10.5. The molecular weight excluding hydrogens is 514 g/mol. The van der Waals surface area contributed by atoms with Crippen LogP contribution in [-0.2, 0) is 17.6 Å². The van der Waals surface area contributed by atoms with Crippen LogP contribution in [0.2, 0.25) is 5.02 Å². The number of piperidine rings is 1. The number of ether oxygens (including phenoxy) is 2. The van der Waals surface area contributed by atoms with Crippen molar-refractivity contribution in [3.8, 4) is 11.5 Å². The minimum absolute atomic E-state index is 0.0718. The number of halogens is 1. The molecule has 0 radical (unpaired) electrons. The predicted octanol–water partition coefficient (Wildman–Crippen LogP) is 4.58. The number of benzene rings is 3. The van der Waals surface area contributed by atoms with Crippen LogP contribution in [0.25, 0.3) is 0 Å². The Balaban J connectivity index is 1.35. The van der Waals surface area contributed by atoms with Crippen molar-refractivity contribution >= 4 is 23.4 Å². The molecule has 2 aliphatic heterocycles. The van der Waals surface area contributed by atoms with Gasteiger partial charge in [-0.25, -0.2) is 0 Å². The van der Waals surface area contributed by atoms with Gasteiger partial charge in [-0.05, 0) is 48.2 Å². The lowest BCUT2D eigenvalue weighted by atomic mass is 9.94. The van der Waals surface area contributed by atoms with Crippen LogP contribution in [0.5, 0.6) is 11.5 Å². The number of carbonyl (C=O) groups is 2. The van der Waals surface area contributed by atoms with Crippen molar-refractivity contribution in [3.05, 3.63) is 94.5 Å². The van der Waals surface area contributed by atoms with Crippen LogP contribution in [0.1, 0.15) is 34.3 Å². The van der Waals surface area contributed by atoms with E-state index in [0.717, 1.165) is 11.1 Å². The van der Waals surface area contributed by atoms with E-state index in [0.29, 0.717) is 67.4 Å². The molecule has 5 rings (SSSR count). The van der Waals surface area contributed by atoms with Gasteiger partial charge in [0, 0.05) is 32.5 Å². The third-order valence-electron chi connectivity index (χ3n) is 7.86. The second kappa shape index (κ2) is 11.7. The summed E-state index contributed by atoms with van der Waals surface area (Å²) in [6.07, 6.45) is 2.59. The van der Waals surface area contributed by atoms with E-state index in [1.807, 2.05) is 58.3 Å². The molecule has 1 N–H and O–H groups in total.